The second-order valence-electron chi connectivity index (χ2n) is 6.13. The first-order chi connectivity index (χ1) is 13.0. The SMILES string of the molecule is CCOc1cc(-c2nc(C(C)C(=O)c3ncccc3C)co2)ccc1OC. The van der Waals surface area contributed by atoms with Gasteiger partial charge in [-0.05, 0) is 50.6 Å². The predicted molar refractivity (Wildman–Crippen MR) is 101 cm³/mol. The number of pyridine rings is 1. The van der Waals surface area contributed by atoms with Gasteiger partial charge < -0.3 is 13.9 Å². The molecule has 0 saturated heterocycles. The van der Waals surface area contributed by atoms with Crippen LogP contribution in [0.5, 0.6) is 11.5 Å². The highest BCUT2D eigenvalue weighted by Crippen LogP contribution is 2.33. The molecule has 6 nitrogen and oxygen atoms in total. The number of methoxy groups -OCH3 is 1. The van der Waals surface area contributed by atoms with Gasteiger partial charge in [0.15, 0.2) is 17.3 Å². The van der Waals surface area contributed by atoms with E-state index in [1.807, 2.05) is 38.1 Å². The molecule has 3 aromatic rings. The quantitative estimate of drug-likeness (QED) is 0.576. The van der Waals surface area contributed by atoms with E-state index in [0.29, 0.717) is 35.4 Å². The standard InChI is InChI=1S/C21H22N2O4/c1-5-26-18-11-15(8-9-17(18)25-4)21-23-16(12-27-21)14(3)20(24)19-13(2)7-6-10-22-19/h6-12,14H,5H2,1-4H3. The van der Waals surface area contributed by atoms with Crippen LogP contribution in [0, 0.1) is 6.92 Å². The van der Waals surface area contributed by atoms with E-state index in [2.05, 4.69) is 9.97 Å². The third-order valence-electron chi connectivity index (χ3n) is 4.31. The summed E-state index contributed by atoms with van der Waals surface area (Å²) in [6.45, 7) is 6.10. The smallest absolute Gasteiger partial charge is 0.226 e. The largest absolute Gasteiger partial charge is 0.493 e. The molecule has 0 fully saturated rings. The molecule has 0 amide bonds. The fourth-order valence-electron chi connectivity index (χ4n) is 2.78. The lowest BCUT2D eigenvalue weighted by molar-refractivity contribution is 0.0959. The first-order valence-electron chi connectivity index (χ1n) is 8.77. The molecule has 0 saturated carbocycles. The maximum absolute atomic E-state index is 12.8. The van der Waals surface area contributed by atoms with Gasteiger partial charge in [-0.15, -0.1) is 0 Å². The Morgan fingerprint density at radius 2 is 2.07 bits per heavy atom. The summed E-state index contributed by atoms with van der Waals surface area (Å²) in [5.74, 6) is 1.14. The maximum Gasteiger partial charge on any atom is 0.226 e. The minimum Gasteiger partial charge on any atom is -0.493 e. The average molecular weight is 366 g/mol. The fraction of sp³-hybridized carbons (Fsp3) is 0.286. The van der Waals surface area contributed by atoms with Crippen molar-refractivity contribution >= 4 is 5.78 Å². The zero-order valence-electron chi connectivity index (χ0n) is 15.9. The number of oxazole rings is 1. The molecule has 0 N–H and O–H groups in total. The van der Waals surface area contributed by atoms with Crippen LogP contribution in [0.15, 0.2) is 47.2 Å². The number of carbonyl (C=O) groups is 1. The normalized spacial score (nSPS) is 11.9. The monoisotopic (exact) mass is 366 g/mol. The van der Waals surface area contributed by atoms with Crippen molar-refractivity contribution in [2.24, 2.45) is 0 Å². The Bertz CT molecular complexity index is 949. The van der Waals surface area contributed by atoms with Crippen LogP contribution in [0.3, 0.4) is 0 Å². The van der Waals surface area contributed by atoms with Crippen molar-refractivity contribution in [1.82, 2.24) is 9.97 Å². The Balaban J connectivity index is 1.87. The number of Topliss-reactive ketones (excluding diaryl/α,β-unsaturated/α-hetero) is 1. The van der Waals surface area contributed by atoms with Crippen molar-refractivity contribution in [3.63, 3.8) is 0 Å². The van der Waals surface area contributed by atoms with Crippen LogP contribution in [-0.2, 0) is 0 Å². The van der Waals surface area contributed by atoms with Crippen LogP contribution >= 0.6 is 0 Å². The lowest BCUT2D eigenvalue weighted by atomic mass is 9.98. The third-order valence-corrected chi connectivity index (χ3v) is 4.31. The van der Waals surface area contributed by atoms with E-state index in [4.69, 9.17) is 13.9 Å². The molecule has 0 aliphatic carbocycles. The van der Waals surface area contributed by atoms with E-state index >= 15 is 0 Å². The highest BCUT2D eigenvalue weighted by atomic mass is 16.5. The third kappa shape index (κ3) is 3.84. The zero-order valence-corrected chi connectivity index (χ0v) is 15.9. The summed E-state index contributed by atoms with van der Waals surface area (Å²) in [5, 5.41) is 0. The summed E-state index contributed by atoms with van der Waals surface area (Å²) < 4.78 is 16.5. The molecular formula is C21H22N2O4. The fourth-order valence-corrected chi connectivity index (χ4v) is 2.78. The second-order valence-corrected chi connectivity index (χ2v) is 6.13. The number of carbonyl (C=O) groups excluding carboxylic acids is 1. The molecule has 140 valence electrons. The summed E-state index contributed by atoms with van der Waals surface area (Å²) >= 11 is 0. The number of benzene rings is 1. The van der Waals surface area contributed by atoms with Gasteiger partial charge in [0.25, 0.3) is 0 Å². The molecule has 27 heavy (non-hydrogen) atoms. The Morgan fingerprint density at radius 3 is 2.78 bits per heavy atom. The first kappa shape index (κ1) is 18.6. The Labute approximate surface area is 158 Å². The van der Waals surface area contributed by atoms with Crippen molar-refractivity contribution in [2.75, 3.05) is 13.7 Å². The van der Waals surface area contributed by atoms with E-state index in [0.717, 1.165) is 11.1 Å². The number of ketones is 1. The molecule has 0 radical (unpaired) electrons. The van der Waals surface area contributed by atoms with E-state index in [1.54, 1.807) is 26.3 Å². The molecule has 2 heterocycles. The molecule has 3 rings (SSSR count). The molecule has 6 heteroatoms. The molecule has 0 bridgehead atoms. The first-order valence-corrected chi connectivity index (χ1v) is 8.77. The van der Waals surface area contributed by atoms with Gasteiger partial charge >= 0.3 is 0 Å². The minimum absolute atomic E-state index is 0.0855. The molecule has 1 atom stereocenters. The summed E-state index contributed by atoms with van der Waals surface area (Å²) in [7, 11) is 1.59. The van der Waals surface area contributed by atoms with Crippen molar-refractivity contribution in [3.8, 4) is 23.0 Å². The van der Waals surface area contributed by atoms with Crippen molar-refractivity contribution in [3.05, 3.63) is 59.7 Å². The van der Waals surface area contributed by atoms with Crippen LogP contribution < -0.4 is 9.47 Å². The second kappa shape index (κ2) is 8.03. The molecule has 0 spiro atoms. The zero-order chi connectivity index (χ0) is 19.4. The Kier molecular flexibility index (Phi) is 5.54. The number of aromatic nitrogens is 2. The van der Waals surface area contributed by atoms with Crippen molar-refractivity contribution < 1.29 is 18.7 Å². The number of hydrogen-bond donors (Lipinski definition) is 0. The van der Waals surface area contributed by atoms with Crippen LogP contribution in [0.25, 0.3) is 11.5 Å². The Morgan fingerprint density at radius 1 is 1.26 bits per heavy atom. The topological polar surface area (TPSA) is 74.5 Å². The summed E-state index contributed by atoms with van der Waals surface area (Å²) in [6, 6.07) is 9.13. The number of ether oxygens (including phenoxy) is 2. The van der Waals surface area contributed by atoms with Crippen LogP contribution in [0.1, 0.15) is 41.5 Å². The van der Waals surface area contributed by atoms with Gasteiger partial charge in [0.2, 0.25) is 5.89 Å². The van der Waals surface area contributed by atoms with E-state index < -0.39 is 5.92 Å². The molecule has 2 aromatic heterocycles. The Hall–Kier alpha value is -3.15. The van der Waals surface area contributed by atoms with Gasteiger partial charge in [0.1, 0.15) is 12.0 Å². The molecule has 1 aromatic carbocycles. The van der Waals surface area contributed by atoms with E-state index in [1.165, 1.54) is 6.26 Å². The number of nitrogens with zero attached hydrogens (tertiary/aromatic N) is 2. The highest BCUT2D eigenvalue weighted by Gasteiger charge is 2.23. The summed E-state index contributed by atoms with van der Waals surface area (Å²) in [5.41, 5.74) is 2.61. The minimum atomic E-state index is -0.458. The highest BCUT2D eigenvalue weighted by molar-refractivity contribution is 5.99. The predicted octanol–water partition coefficient (Wildman–Crippen LogP) is 4.44. The van der Waals surface area contributed by atoms with E-state index in [9.17, 15) is 4.79 Å². The van der Waals surface area contributed by atoms with Crippen LogP contribution in [0.2, 0.25) is 0 Å². The maximum atomic E-state index is 12.8. The van der Waals surface area contributed by atoms with Gasteiger partial charge in [-0.3, -0.25) is 9.78 Å². The molecule has 1 unspecified atom stereocenters. The lowest BCUT2D eigenvalue weighted by Crippen LogP contribution is -2.13. The summed E-state index contributed by atoms with van der Waals surface area (Å²) in [6.07, 6.45) is 3.13. The molecule has 0 aliphatic heterocycles. The molecular weight excluding hydrogens is 344 g/mol. The average Bonchev–Trinajstić information content (AvgIpc) is 3.17. The number of aryl methyl sites for hydroxylation is 1. The van der Waals surface area contributed by atoms with Crippen LogP contribution in [-0.4, -0.2) is 29.5 Å². The lowest BCUT2D eigenvalue weighted by Gasteiger charge is -2.10. The van der Waals surface area contributed by atoms with Gasteiger partial charge in [-0.25, -0.2) is 4.98 Å². The summed E-state index contributed by atoms with van der Waals surface area (Å²) in [4.78, 5) is 21.5. The van der Waals surface area contributed by atoms with Gasteiger partial charge in [0, 0.05) is 11.8 Å². The van der Waals surface area contributed by atoms with Crippen molar-refractivity contribution in [2.45, 2.75) is 26.7 Å². The number of hydrogen-bond acceptors (Lipinski definition) is 6. The molecule has 0 aliphatic rings. The van der Waals surface area contributed by atoms with Crippen molar-refractivity contribution in [1.29, 1.82) is 0 Å². The van der Waals surface area contributed by atoms with Gasteiger partial charge in [-0.1, -0.05) is 6.07 Å². The number of rotatable bonds is 7. The van der Waals surface area contributed by atoms with E-state index in [-0.39, 0.29) is 5.78 Å². The van der Waals surface area contributed by atoms with Gasteiger partial charge in [0.05, 0.1) is 25.3 Å². The van der Waals surface area contributed by atoms with Gasteiger partial charge in [-0.2, -0.15) is 0 Å². The van der Waals surface area contributed by atoms with Crippen LogP contribution in [0.4, 0.5) is 0 Å².